The average molecular weight is 292 g/mol. The van der Waals surface area contributed by atoms with Crippen LogP contribution >= 0.6 is 11.3 Å². The Hall–Kier alpha value is -1.95. The standard InChI is InChI=1S/C14H16N2O3S/c1-14(2,3)13-16-15-11(19-13)8-18-12(17)5-4-10-6-7-20-9-10/h4-7,9H,8H2,1-3H3/b5-4+. The third kappa shape index (κ3) is 4.03. The topological polar surface area (TPSA) is 65.2 Å². The molecule has 2 aromatic rings. The molecule has 0 unspecified atom stereocenters. The van der Waals surface area contributed by atoms with E-state index in [0.717, 1.165) is 5.56 Å². The molecule has 0 bridgehead atoms. The molecule has 0 amide bonds. The molecule has 0 N–H and O–H groups in total. The molecule has 2 rings (SSSR count). The van der Waals surface area contributed by atoms with Crippen molar-refractivity contribution in [2.24, 2.45) is 0 Å². The highest BCUT2D eigenvalue weighted by atomic mass is 32.1. The Morgan fingerprint density at radius 1 is 1.45 bits per heavy atom. The molecule has 0 radical (unpaired) electrons. The van der Waals surface area contributed by atoms with Gasteiger partial charge in [0.15, 0.2) is 6.61 Å². The molecule has 6 heteroatoms. The summed E-state index contributed by atoms with van der Waals surface area (Å²) in [4.78, 5) is 11.5. The zero-order valence-electron chi connectivity index (χ0n) is 11.6. The van der Waals surface area contributed by atoms with Crippen LogP contribution in [-0.4, -0.2) is 16.2 Å². The van der Waals surface area contributed by atoms with Crippen LogP contribution in [0.15, 0.2) is 27.3 Å². The highest BCUT2D eigenvalue weighted by Crippen LogP contribution is 2.20. The van der Waals surface area contributed by atoms with Crippen molar-refractivity contribution in [3.63, 3.8) is 0 Å². The first-order chi connectivity index (χ1) is 9.45. The van der Waals surface area contributed by atoms with Crippen molar-refractivity contribution in [3.8, 4) is 0 Å². The highest BCUT2D eigenvalue weighted by Gasteiger charge is 2.21. The Balaban J connectivity index is 1.86. The molecule has 106 valence electrons. The molecule has 20 heavy (non-hydrogen) atoms. The van der Waals surface area contributed by atoms with E-state index in [1.165, 1.54) is 6.08 Å². The smallest absolute Gasteiger partial charge is 0.331 e. The zero-order valence-corrected chi connectivity index (χ0v) is 12.4. The second-order valence-electron chi connectivity index (χ2n) is 5.25. The summed E-state index contributed by atoms with van der Waals surface area (Å²) in [7, 11) is 0. The van der Waals surface area contributed by atoms with Crippen molar-refractivity contribution in [2.45, 2.75) is 32.8 Å². The largest absolute Gasteiger partial charge is 0.452 e. The molecule has 0 aromatic carbocycles. The minimum absolute atomic E-state index is 0.0180. The molecule has 0 spiro atoms. The second-order valence-corrected chi connectivity index (χ2v) is 6.03. The normalized spacial score (nSPS) is 11.9. The Bertz CT molecular complexity index is 594. The summed E-state index contributed by atoms with van der Waals surface area (Å²) >= 11 is 1.57. The zero-order chi connectivity index (χ0) is 14.6. The van der Waals surface area contributed by atoms with Gasteiger partial charge in [0.25, 0.3) is 5.89 Å². The molecule has 0 aliphatic carbocycles. The van der Waals surface area contributed by atoms with Gasteiger partial charge in [-0.1, -0.05) is 20.8 Å². The minimum Gasteiger partial charge on any atom is -0.452 e. The minimum atomic E-state index is -0.438. The van der Waals surface area contributed by atoms with E-state index >= 15 is 0 Å². The van der Waals surface area contributed by atoms with Crippen molar-refractivity contribution in [3.05, 3.63) is 40.2 Å². The summed E-state index contributed by atoms with van der Waals surface area (Å²) in [6.45, 7) is 5.90. The van der Waals surface area contributed by atoms with E-state index in [0.29, 0.717) is 11.8 Å². The van der Waals surface area contributed by atoms with Crippen LogP contribution in [0.1, 0.15) is 38.1 Å². The second kappa shape index (κ2) is 6.00. The molecule has 5 nitrogen and oxygen atoms in total. The van der Waals surface area contributed by atoms with E-state index in [9.17, 15) is 4.79 Å². The summed E-state index contributed by atoms with van der Waals surface area (Å²) in [5, 5.41) is 11.7. The van der Waals surface area contributed by atoms with Gasteiger partial charge in [0.1, 0.15) is 0 Å². The van der Waals surface area contributed by atoms with Gasteiger partial charge in [-0.2, -0.15) is 11.3 Å². The fraction of sp³-hybridized carbons (Fsp3) is 0.357. The average Bonchev–Trinajstić information content (AvgIpc) is 3.04. The van der Waals surface area contributed by atoms with Gasteiger partial charge in [-0.25, -0.2) is 4.79 Å². The molecule has 0 saturated heterocycles. The molecule has 2 aromatic heterocycles. The van der Waals surface area contributed by atoms with Gasteiger partial charge >= 0.3 is 5.97 Å². The van der Waals surface area contributed by atoms with Gasteiger partial charge in [0.2, 0.25) is 5.89 Å². The number of nitrogens with zero attached hydrogens (tertiary/aromatic N) is 2. The van der Waals surface area contributed by atoms with Crippen molar-refractivity contribution < 1.29 is 13.9 Å². The van der Waals surface area contributed by atoms with Gasteiger partial charge in [-0.15, -0.1) is 10.2 Å². The van der Waals surface area contributed by atoms with Gasteiger partial charge in [-0.3, -0.25) is 0 Å². The van der Waals surface area contributed by atoms with Crippen molar-refractivity contribution >= 4 is 23.4 Å². The Kier molecular flexibility index (Phi) is 4.34. The quantitative estimate of drug-likeness (QED) is 0.639. The fourth-order valence-electron chi connectivity index (χ4n) is 1.33. The summed E-state index contributed by atoms with van der Waals surface area (Å²) < 4.78 is 10.5. The Labute approximate surface area is 121 Å². The third-order valence-corrected chi connectivity index (χ3v) is 3.10. The molecule has 0 atom stereocenters. The third-order valence-electron chi connectivity index (χ3n) is 2.40. The van der Waals surface area contributed by atoms with Crippen molar-refractivity contribution in [2.75, 3.05) is 0 Å². The summed E-state index contributed by atoms with van der Waals surface area (Å²) in [5.74, 6) is 0.385. The maximum atomic E-state index is 11.5. The SMILES string of the molecule is CC(C)(C)c1nnc(COC(=O)/C=C/c2ccsc2)o1. The Morgan fingerprint density at radius 2 is 2.25 bits per heavy atom. The molecule has 0 fully saturated rings. The predicted molar refractivity (Wildman–Crippen MR) is 76.1 cm³/mol. The van der Waals surface area contributed by atoms with Crippen LogP contribution < -0.4 is 0 Å². The van der Waals surface area contributed by atoms with E-state index in [1.807, 2.05) is 37.6 Å². The monoisotopic (exact) mass is 292 g/mol. The first kappa shape index (κ1) is 14.5. The van der Waals surface area contributed by atoms with Gasteiger partial charge in [-0.05, 0) is 28.5 Å². The van der Waals surface area contributed by atoms with Crippen LogP contribution in [0.2, 0.25) is 0 Å². The number of thiophene rings is 1. The number of aromatic nitrogens is 2. The van der Waals surface area contributed by atoms with Gasteiger partial charge in [0, 0.05) is 11.5 Å². The summed E-state index contributed by atoms with van der Waals surface area (Å²) in [6, 6.07) is 1.92. The number of ether oxygens (including phenoxy) is 1. The van der Waals surface area contributed by atoms with Crippen LogP contribution in [0.4, 0.5) is 0 Å². The number of carbonyl (C=O) groups excluding carboxylic acids is 1. The number of rotatable bonds is 4. The van der Waals surface area contributed by atoms with Gasteiger partial charge < -0.3 is 9.15 Å². The maximum absolute atomic E-state index is 11.5. The van der Waals surface area contributed by atoms with E-state index in [4.69, 9.17) is 9.15 Å². The lowest BCUT2D eigenvalue weighted by Gasteiger charge is -2.10. The lowest BCUT2D eigenvalue weighted by Crippen LogP contribution is -2.11. The number of hydrogen-bond donors (Lipinski definition) is 0. The molecule has 0 aliphatic heterocycles. The van der Waals surface area contributed by atoms with Crippen molar-refractivity contribution in [1.82, 2.24) is 10.2 Å². The summed E-state index contributed by atoms with van der Waals surface area (Å²) in [5.41, 5.74) is 0.758. The highest BCUT2D eigenvalue weighted by molar-refractivity contribution is 7.08. The van der Waals surface area contributed by atoms with Crippen LogP contribution in [0.25, 0.3) is 6.08 Å². The summed E-state index contributed by atoms with van der Waals surface area (Å²) in [6.07, 6.45) is 3.08. The van der Waals surface area contributed by atoms with E-state index in [-0.39, 0.29) is 12.0 Å². The van der Waals surface area contributed by atoms with E-state index in [2.05, 4.69) is 10.2 Å². The first-order valence-corrected chi connectivity index (χ1v) is 7.09. The van der Waals surface area contributed by atoms with Crippen LogP contribution in [0.5, 0.6) is 0 Å². The van der Waals surface area contributed by atoms with E-state index in [1.54, 1.807) is 17.4 Å². The maximum Gasteiger partial charge on any atom is 0.331 e. The fourth-order valence-corrected chi connectivity index (χ4v) is 1.96. The number of esters is 1. The molecule has 0 aliphatic rings. The van der Waals surface area contributed by atoms with Crippen LogP contribution in [-0.2, 0) is 21.6 Å². The number of carbonyl (C=O) groups is 1. The molecule has 0 saturated carbocycles. The lowest BCUT2D eigenvalue weighted by atomic mass is 9.97. The van der Waals surface area contributed by atoms with E-state index < -0.39 is 5.97 Å². The first-order valence-electron chi connectivity index (χ1n) is 6.15. The van der Waals surface area contributed by atoms with Crippen LogP contribution in [0, 0.1) is 0 Å². The number of hydrogen-bond acceptors (Lipinski definition) is 6. The molecular weight excluding hydrogens is 276 g/mol. The van der Waals surface area contributed by atoms with Gasteiger partial charge in [0.05, 0.1) is 0 Å². The predicted octanol–water partition coefficient (Wildman–Crippen LogP) is 3.19. The van der Waals surface area contributed by atoms with Crippen LogP contribution in [0.3, 0.4) is 0 Å². The Morgan fingerprint density at radius 3 is 2.85 bits per heavy atom. The molecular formula is C14H16N2O3S. The lowest BCUT2D eigenvalue weighted by molar-refractivity contribution is -0.139. The molecule has 2 heterocycles. The van der Waals surface area contributed by atoms with Crippen molar-refractivity contribution in [1.29, 1.82) is 0 Å².